The van der Waals surface area contributed by atoms with Crippen molar-refractivity contribution in [2.75, 3.05) is 33.9 Å². The van der Waals surface area contributed by atoms with E-state index in [4.69, 9.17) is 23.7 Å². The van der Waals surface area contributed by atoms with Crippen molar-refractivity contribution < 1.29 is 23.7 Å². The van der Waals surface area contributed by atoms with Crippen LogP contribution >= 0.6 is 0 Å². The summed E-state index contributed by atoms with van der Waals surface area (Å²) in [7, 11) is 3.43. The van der Waals surface area contributed by atoms with Crippen LogP contribution in [-0.4, -0.2) is 63.4 Å². The molecule has 0 radical (unpaired) electrons. The highest BCUT2D eigenvalue weighted by molar-refractivity contribution is 5.38. The predicted octanol–water partition coefficient (Wildman–Crippen LogP) is 8.11. The third-order valence-electron chi connectivity index (χ3n) is 15.6. The topological polar surface area (TPSA) is 49.4 Å². The van der Waals surface area contributed by atoms with Crippen LogP contribution in [0.25, 0.3) is 0 Å². The summed E-state index contributed by atoms with van der Waals surface area (Å²) >= 11 is 0. The molecular formula is C40H61NO5. The highest BCUT2D eigenvalue weighted by Crippen LogP contribution is 2.87. The molecule has 2 saturated heterocycles. The summed E-state index contributed by atoms with van der Waals surface area (Å²) in [6.45, 7) is 15.8. The molecule has 0 bridgehead atoms. The summed E-state index contributed by atoms with van der Waals surface area (Å²) < 4.78 is 31.2. The predicted molar refractivity (Wildman–Crippen MR) is 180 cm³/mol. The second kappa shape index (κ2) is 11.4. The minimum atomic E-state index is -0.170. The number of methoxy groups -OCH3 is 2. The summed E-state index contributed by atoms with van der Waals surface area (Å²) in [6, 6.07) is 6.16. The van der Waals surface area contributed by atoms with Crippen molar-refractivity contribution in [2.24, 2.45) is 51.2 Å². The van der Waals surface area contributed by atoms with Crippen molar-refractivity contribution in [3.8, 4) is 11.5 Å². The number of hydrogen-bond donors (Lipinski definition) is 0. The van der Waals surface area contributed by atoms with Crippen molar-refractivity contribution in [2.45, 2.75) is 130 Å². The van der Waals surface area contributed by atoms with E-state index in [2.05, 4.69) is 51.7 Å². The average molecular weight is 636 g/mol. The molecule has 5 aliphatic carbocycles. The lowest BCUT2D eigenvalue weighted by Gasteiger charge is -2.60. The Kier molecular flexibility index (Phi) is 7.87. The Morgan fingerprint density at radius 3 is 2.37 bits per heavy atom. The SMILES string of the molecule is COc1cc(CN2CCOC(O[C@H]3CCC45CC46CCC4(C)C7CCC(C(C)C)OC7CC4C6CCC5C3(C)C)C2)cc(OC)c1. The highest BCUT2D eigenvalue weighted by atomic mass is 16.7. The van der Waals surface area contributed by atoms with E-state index in [1.54, 1.807) is 14.2 Å². The van der Waals surface area contributed by atoms with Crippen LogP contribution in [0.15, 0.2) is 18.2 Å². The second-order valence-corrected chi connectivity index (χ2v) is 18.0. The maximum Gasteiger partial charge on any atom is 0.170 e. The monoisotopic (exact) mass is 635 g/mol. The van der Waals surface area contributed by atoms with E-state index >= 15 is 0 Å². The zero-order valence-electron chi connectivity index (χ0n) is 29.8. The molecule has 8 rings (SSSR count). The number of rotatable bonds is 7. The van der Waals surface area contributed by atoms with Gasteiger partial charge in [-0.15, -0.1) is 0 Å². The Labute approximate surface area is 278 Å². The molecule has 1 aromatic carbocycles. The van der Waals surface area contributed by atoms with Gasteiger partial charge in [-0.25, -0.2) is 0 Å². The van der Waals surface area contributed by atoms with E-state index in [0.717, 1.165) is 54.8 Å². The molecule has 7 fully saturated rings. The van der Waals surface area contributed by atoms with Gasteiger partial charge in [-0.05, 0) is 133 Å². The Bertz CT molecular complexity index is 1280. The fraction of sp³-hybridized carbons (Fsp3) is 0.850. The van der Waals surface area contributed by atoms with E-state index in [-0.39, 0.29) is 17.8 Å². The number of ether oxygens (including phenoxy) is 5. The van der Waals surface area contributed by atoms with Gasteiger partial charge in [0, 0.05) is 25.7 Å². The Hall–Kier alpha value is -1.34. The zero-order valence-corrected chi connectivity index (χ0v) is 29.8. The quantitative estimate of drug-likeness (QED) is 0.302. The van der Waals surface area contributed by atoms with Crippen molar-refractivity contribution in [3.05, 3.63) is 23.8 Å². The lowest BCUT2D eigenvalue weighted by Crippen LogP contribution is -2.56. The van der Waals surface area contributed by atoms with Crippen LogP contribution in [0.5, 0.6) is 11.5 Å². The van der Waals surface area contributed by atoms with E-state index < -0.39 is 0 Å². The number of benzene rings is 1. The number of hydrogen-bond acceptors (Lipinski definition) is 6. The van der Waals surface area contributed by atoms with Crippen LogP contribution in [0.4, 0.5) is 0 Å². The molecule has 6 nitrogen and oxygen atoms in total. The number of morpholine rings is 1. The molecule has 0 aromatic heterocycles. The molecule has 256 valence electrons. The van der Waals surface area contributed by atoms with Crippen LogP contribution in [0.1, 0.15) is 104 Å². The average Bonchev–Trinajstić information content (AvgIpc) is 3.62. The maximum atomic E-state index is 7.00. The summed E-state index contributed by atoms with van der Waals surface area (Å²) in [5.41, 5.74) is 2.99. The van der Waals surface area contributed by atoms with Gasteiger partial charge in [0.1, 0.15) is 11.5 Å². The first-order valence-corrected chi connectivity index (χ1v) is 18.9. The smallest absolute Gasteiger partial charge is 0.170 e. The Balaban J connectivity index is 0.940. The van der Waals surface area contributed by atoms with Crippen molar-refractivity contribution >= 4 is 0 Å². The summed E-state index contributed by atoms with van der Waals surface area (Å²) in [6.07, 6.45) is 14.8. The molecule has 2 heterocycles. The fourth-order valence-electron chi connectivity index (χ4n) is 13.3. The lowest BCUT2D eigenvalue weighted by atomic mass is 9.46. The van der Waals surface area contributed by atoms with Gasteiger partial charge in [-0.3, -0.25) is 4.90 Å². The first kappa shape index (κ1) is 31.9. The molecule has 2 spiro atoms. The van der Waals surface area contributed by atoms with Gasteiger partial charge in [-0.1, -0.05) is 34.6 Å². The fourth-order valence-corrected chi connectivity index (χ4v) is 13.3. The van der Waals surface area contributed by atoms with Gasteiger partial charge in [0.05, 0.1) is 39.1 Å². The van der Waals surface area contributed by atoms with E-state index in [9.17, 15) is 0 Å². The zero-order chi connectivity index (χ0) is 32.1. The third-order valence-corrected chi connectivity index (χ3v) is 15.6. The van der Waals surface area contributed by atoms with E-state index in [1.165, 1.54) is 69.8 Å². The van der Waals surface area contributed by atoms with Crippen molar-refractivity contribution in [1.29, 1.82) is 0 Å². The molecular weight excluding hydrogens is 574 g/mol. The van der Waals surface area contributed by atoms with Gasteiger partial charge in [0.2, 0.25) is 0 Å². The molecule has 11 atom stereocenters. The largest absolute Gasteiger partial charge is 0.497 e. The number of fused-ring (bicyclic) bond motifs is 4. The van der Waals surface area contributed by atoms with Crippen LogP contribution in [-0.2, 0) is 20.8 Å². The highest BCUT2D eigenvalue weighted by Gasteiger charge is 2.80. The van der Waals surface area contributed by atoms with Gasteiger partial charge in [-0.2, -0.15) is 0 Å². The summed E-state index contributed by atoms with van der Waals surface area (Å²) in [5, 5.41) is 0. The Morgan fingerprint density at radius 1 is 0.870 bits per heavy atom. The van der Waals surface area contributed by atoms with Gasteiger partial charge < -0.3 is 23.7 Å². The molecule has 5 saturated carbocycles. The lowest BCUT2D eigenvalue weighted by molar-refractivity contribution is -0.245. The minimum absolute atomic E-state index is 0.163. The first-order valence-electron chi connectivity index (χ1n) is 18.9. The van der Waals surface area contributed by atoms with Gasteiger partial charge in [0.15, 0.2) is 6.29 Å². The van der Waals surface area contributed by atoms with Crippen LogP contribution in [0.2, 0.25) is 0 Å². The van der Waals surface area contributed by atoms with Crippen LogP contribution in [0, 0.1) is 51.2 Å². The molecule has 0 amide bonds. The van der Waals surface area contributed by atoms with Gasteiger partial charge in [0.25, 0.3) is 0 Å². The maximum absolute atomic E-state index is 7.00. The molecule has 1 aromatic rings. The standard InChI is InChI=1S/C40H61NO5/c1-25(2)32-10-8-30-33(45-32)21-31-29-9-11-34-37(3,4)35(12-13-40(34)24-39(29,40)15-14-38(30,31)5)46-36-23-41(16-17-44-36)22-26-18-27(42-6)20-28(19-26)43-7/h18-20,25,29-36H,8-17,21-24H2,1-7H3/t29?,30?,31?,32?,33?,34?,35-,36?,38?,39?,40?/m0/s1. The van der Waals surface area contributed by atoms with Gasteiger partial charge >= 0.3 is 0 Å². The first-order chi connectivity index (χ1) is 22.0. The summed E-state index contributed by atoms with van der Waals surface area (Å²) in [5.74, 6) is 5.64. The Morgan fingerprint density at radius 2 is 1.63 bits per heavy atom. The molecule has 0 N–H and O–H groups in total. The van der Waals surface area contributed by atoms with Crippen LogP contribution in [0.3, 0.4) is 0 Å². The van der Waals surface area contributed by atoms with E-state index in [1.807, 2.05) is 6.07 Å². The van der Waals surface area contributed by atoms with Crippen molar-refractivity contribution in [1.82, 2.24) is 4.90 Å². The second-order valence-electron chi connectivity index (χ2n) is 18.0. The molecule has 46 heavy (non-hydrogen) atoms. The van der Waals surface area contributed by atoms with Crippen molar-refractivity contribution in [3.63, 3.8) is 0 Å². The molecule has 7 aliphatic rings. The molecule has 10 unspecified atom stereocenters. The number of nitrogens with zero attached hydrogens (tertiary/aromatic N) is 1. The minimum Gasteiger partial charge on any atom is -0.497 e. The molecule has 2 aliphatic heterocycles. The normalized spacial score (nSPS) is 46.0. The summed E-state index contributed by atoms with van der Waals surface area (Å²) in [4.78, 5) is 2.46. The van der Waals surface area contributed by atoms with E-state index in [0.29, 0.717) is 41.0 Å². The van der Waals surface area contributed by atoms with Crippen LogP contribution < -0.4 is 9.47 Å². The third kappa shape index (κ3) is 4.76. The molecule has 6 heteroatoms.